The number of halogens is 2. The summed E-state index contributed by atoms with van der Waals surface area (Å²) in [5.41, 5.74) is 3.10. The van der Waals surface area contributed by atoms with Gasteiger partial charge >= 0.3 is 0 Å². The maximum Gasteiger partial charge on any atom is 0.262 e. The van der Waals surface area contributed by atoms with Crippen LogP contribution in [0.25, 0.3) is 0 Å². The van der Waals surface area contributed by atoms with Gasteiger partial charge in [-0.15, -0.1) is 0 Å². The van der Waals surface area contributed by atoms with Crippen molar-refractivity contribution >= 4 is 41.2 Å². The number of hydrazone groups is 1. The van der Waals surface area contributed by atoms with Gasteiger partial charge in [0.15, 0.2) is 6.10 Å². The molecule has 2 atom stereocenters. The van der Waals surface area contributed by atoms with E-state index in [-0.39, 0.29) is 10.9 Å². The number of amides is 2. The fraction of sp³-hybridized carbons (Fsp3) is 0.375. The Balaban J connectivity index is 2.06. The normalized spacial score (nSPS) is 12.8. The van der Waals surface area contributed by atoms with E-state index in [0.717, 1.165) is 0 Å². The topological polar surface area (TPSA) is 98.3 Å². The first-order valence-electron chi connectivity index (χ1n) is 10.6. The highest BCUT2D eigenvalue weighted by Gasteiger charge is 2.25. The van der Waals surface area contributed by atoms with Gasteiger partial charge in [-0.2, -0.15) is 5.10 Å². The molecule has 0 aliphatic heterocycles. The van der Waals surface area contributed by atoms with Crippen molar-refractivity contribution in [3.63, 3.8) is 0 Å². The van der Waals surface area contributed by atoms with Gasteiger partial charge in [0.25, 0.3) is 11.8 Å². The standard InChI is InChI=1S/C24H29Cl2N3O5/c1-14(2)10-20(28-23(30)15(3)34-22-8-6-17(25)12-19(22)26)24(31)29-27-13-16-11-18(32-4)7-9-21(16)33-5/h6-9,11-15,20H,10H2,1-5H3,(H,28,30)(H,29,31)/b27-13-/t15-,20+/m0/s1. The SMILES string of the molecule is COc1ccc(OC)c(/C=N\NC(=O)[C@@H](CC(C)C)NC(=O)[C@H](C)Oc2ccc(Cl)cc2Cl)c1. The molecule has 0 heterocycles. The van der Waals surface area contributed by atoms with Gasteiger partial charge in [-0.25, -0.2) is 5.43 Å². The van der Waals surface area contributed by atoms with Crippen LogP contribution in [0.1, 0.15) is 32.8 Å². The van der Waals surface area contributed by atoms with Gasteiger partial charge in [-0.05, 0) is 55.7 Å². The van der Waals surface area contributed by atoms with Gasteiger partial charge < -0.3 is 19.5 Å². The van der Waals surface area contributed by atoms with Crippen LogP contribution in [0.4, 0.5) is 0 Å². The lowest BCUT2D eigenvalue weighted by Crippen LogP contribution is -2.49. The van der Waals surface area contributed by atoms with Crippen LogP contribution < -0.4 is 25.0 Å². The first-order chi connectivity index (χ1) is 16.1. The number of carbonyl (C=O) groups excluding carboxylic acids is 2. The van der Waals surface area contributed by atoms with Gasteiger partial charge in [0, 0.05) is 10.6 Å². The molecule has 0 bridgehead atoms. The quantitative estimate of drug-likeness (QED) is 0.344. The summed E-state index contributed by atoms with van der Waals surface area (Å²) in [4.78, 5) is 25.5. The highest BCUT2D eigenvalue weighted by molar-refractivity contribution is 6.35. The van der Waals surface area contributed by atoms with Gasteiger partial charge in [0.05, 0.1) is 25.5 Å². The monoisotopic (exact) mass is 509 g/mol. The van der Waals surface area contributed by atoms with E-state index in [1.165, 1.54) is 19.4 Å². The van der Waals surface area contributed by atoms with Crippen molar-refractivity contribution in [1.29, 1.82) is 0 Å². The van der Waals surface area contributed by atoms with Gasteiger partial charge in [0.1, 0.15) is 23.3 Å². The second kappa shape index (κ2) is 13.1. The molecule has 10 heteroatoms. The summed E-state index contributed by atoms with van der Waals surface area (Å²) in [6, 6.07) is 9.10. The minimum Gasteiger partial charge on any atom is -0.497 e. The van der Waals surface area contributed by atoms with Gasteiger partial charge in [0.2, 0.25) is 0 Å². The third-order valence-corrected chi connectivity index (χ3v) is 5.25. The summed E-state index contributed by atoms with van der Waals surface area (Å²) < 4.78 is 16.1. The number of hydrogen-bond donors (Lipinski definition) is 2. The molecular formula is C24H29Cl2N3O5. The lowest BCUT2D eigenvalue weighted by molar-refractivity contribution is -0.132. The molecular weight excluding hydrogens is 481 g/mol. The summed E-state index contributed by atoms with van der Waals surface area (Å²) in [5.74, 6) is 0.712. The predicted octanol–water partition coefficient (Wildman–Crippen LogP) is 4.46. The van der Waals surface area contributed by atoms with E-state index >= 15 is 0 Å². The second-order valence-electron chi connectivity index (χ2n) is 7.87. The number of rotatable bonds is 11. The summed E-state index contributed by atoms with van der Waals surface area (Å²) in [7, 11) is 3.09. The molecule has 0 aromatic heterocycles. The van der Waals surface area contributed by atoms with Crippen molar-refractivity contribution in [3.8, 4) is 17.2 Å². The number of ether oxygens (including phenoxy) is 3. The number of nitrogens with zero attached hydrogens (tertiary/aromatic N) is 1. The largest absolute Gasteiger partial charge is 0.497 e. The fourth-order valence-corrected chi connectivity index (χ4v) is 3.44. The van der Waals surface area contributed by atoms with Crippen LogP contribution in [0, 0.1) is 5.92 Å². The molecule has 0 radical (unpaired) electrons. The number of carbonyl (C=O) groups is 2. The minimum atomic E-state index is -0.898. The van der Waals surface area contributed by atoms with Crippen LogP contribution in [0.2, 0.25) is 10.0 Å². The second-order valence-corrected chi connectivity index (χ2v) is 8.71. The molecule has 8 nitrogen and oxygen atoms in total. The van der Waals surface area contributed by atoms with Crippen molar-refractivity contribution in [3.05, 3.63) is 52.0 Å². The Morgan fingerprint density at radius 3 is 2.32 bits per heavy atom. The molecule has 0 saturated carbocycles. The van der Waals surface area contributed by atoms with Crippen LogP contribution >= 0.6 is 23.2 Å². The summed E-state index contributed by atoms with van der Waals surface area (Å²) in [6.45, 7) is 5.46. The number of hydrogen-bond acceptors (Lipinski definition) is 6. The van der Waals surface area contributed by atoms with Crippen LogP contribution in [-0.2, 0) is 9.59 Å². The molecule has 0 unspecified atom stereocenters. The molecule has 2 aromatic carbocycles. The lowest BCUT2D eigenvalue weighted by atomic mass is 10.0. The van der Waals surface area contributed by atoms with Crippen LogP contribution in [0.3, 0.4) is 0 Å². The van der Waals surface area contributed by atoms with E-state index in [4.69, 9.17) is 37.4 Å². The Labute approximate surface area is 209 Å². The molecule has 2 amide bonds. The highest BCUT2D eigenvalue weighted by Crippen LogP contribution is 2.28. The Bertz CT molecular complexity index is 1030. The third kappa shape index (κ3) is 8.11. The highest BCUT2D eigenvalue weighted by atomic mass is 35.5. The maximum atomic E-state index is 12.8. The zero-order valence-corrected chi connectivity index (χ0v) is 21.2. The van der Waals surface area contributed by atoms with E-state index in [1.54, 1.807) is 44.4 Å². The number of methoxy groups -OCH3 is 2. The maximum absolute atomic E-state index is 12.8. The van der Waals surface area contributed by atoms with E-state index in [9.17, 15) is 9.59 Å². The Morgan fingerprint density at radius 2 is 1.71 bits per heavy atom. The van der Waals surface area contributed by atoms with E-state index in [0.29, 0.717) is 34.3 Å². The Hall–Kier alpha value is -2.97. The minimum absolute atomic E-state index is 0.139. The van der Waals surface area contributed by atoms with Gasteiger partial charge in [-0.1, -0.05) is 37.0 Å². The summed E-state index contributed by atoms with van der Waals surface area (Å²) in [5, 5.41) is 7.48. The zero-order chi connectivity index (χ0) is 25.3. The first-order valence-corrected chi connectivity index (χ1v) is 11.4. The fourth-order valence-electron chi connectivity index (χ4n) is 2.99. The Kier molecular flexibility index (Phi) is 10.5. The molecule has 0 aliphatic rings. The van der Waals surface area contributed by atoms with Crippen molar-refractivity contribution in [2.24, 2.45) is 11.0 Å². The van der Waals surface area contributed by atoms with E-state index in [1.807, 2.05) is 13.8 Å². The molecule has 0 aliphatic carbocycles. The molecule has 2 N–H and O–H groups in total. The van der Waals surface area contributed by atoms with Crippen molar-refractivity contribution in [2.45, 2.75) is 39.3 Å². The Morgan fingerprint density at radius 1 is 1.00 bits per heavy atom. The van der Waals surface area contributed by atoms with E-state index in [2.05, 4.69) is 15.8 Å². The molecule has 0 saturated heterocycles. The average molecular weight is 510 g/mol. The molecule has 184 valence electrons. The third-order valence-electron chi connectivity index (χ3n) is 4.72. The van der Waals surface area contributed by atoms with Crippen molar-refractivity contribution in [2.75, 3.05) is 14.2 Å². The molecule has 2 rings (SSSR count). The molecule has 0 fully saturated rings. The number of benzene rings is 2. The van der Waals surface area contributed by atoms with Crippen molar-refractivity contribution in [1.82, 2.24) is 10.7 Å². The lowest BCUT2D eigenvalue weighted by Gasteiger charge is -2.22. The first kappa shape index (κ1) is 27.3. The zero-order valence-electron chi connectivity index (χ0n) is 19.7. The summed E-state index contributed by atoms with van der Waals surface area (Å²) >= 11 is 12.0. The van der Waals surface area contributed by atoms with Crippen LogP contribution in [0.5, 0.6) is 17.2 Å². The predicted molar refractivity (Wildman–Crippen MR) is 133 cm³/mol. The average Bonchev–Trinajstić information content (AvgIpc) is 2.79. The van der Waals surface area contributed by atoms with Crippen LogP contribution in [-0.4, -0.2) is 44.4 Å². The summed E-state index contributed by atoms with van der Waals surface area (Å²) in [6.07, 6.45) is 0.955. The van der Waals surface area contributed by atoms with Crippen molar-refractivity contribution < 1.29 is 23.8 Å². The molecule has 34 heavy (non-hydrogen) atoms. The smallest absolute Gasteiger partial charge is 0.262 e. The molecule has 2 aromatic rings. The van der Waals surface area contributed by atoms with Gasteiger partial charge in [-0.3, -0.25) is 9.59 Å². The van der Waals surface area contributed by atoms with E-state index < -0.39 is 24.0 Å². The molecule has 0 spiro atoms. The number of nitrogens with one attached hydrogen (secondary N) is 2. The van der Waals surface area contributed by atoms with Crippen LogP contribution in [0.15, 0.2) is 41.5 Å².